The molecule has 0 amide bonds. The molecule has 1 heterocycles. The highest BCUT2D eigenvalue weighted by atomic mass is 32.2. The summed E-state index contributed by atoms with van der Waals surface area (Å²) < 4.78 is 10.4. The summed E-state index contributed by atoms with van der Waals surface area (Å²) in [6.45, 7) is 7.61. The Morgan fingerprint density at radius 1 is 1.33 bits per heavy atom. The minimum absolute atomic E-state index is 0.758. The van der Waals surface area contributed by atoms with E-state index in [1.807, 2.05) is 11.8 Å². The first kappa shape index (κ1) is 16.8. The van der Waals surface area contributed by atoms with Crippen molar-refractivity contribution in [3.05, 3.63) is 29.8 Å². The molecule has 0 radical (unpaired) electrons. The molecule has 0 aromatic heterocycles. The third kappa shape index (κ3) is 6.80. The molecule has 1 saturated heterocycles. The molecule has 0 bridgehead atoms. The highest BCUT2D eigenvalue weighted by Gasteiger charge is 2.09. The Balaban J connectivity index is 1.67. The lowest BCUT2D eigenvalue weighted by atomic mass is 10.2. The van der Waals surface area contributed by atoms with Crippen LogP contribution in [0, 0.1) is 0 Å². The van der Waals surface area contributed by atoms with Gasteiger partial charge in [0, 0.05) is 50.5 Å². The summed E-state index contributed by atoms with van der Waals surface area (Å²) in [5.74, 6) is 1.14. The molecule has 1 N–H and O–H groups in total. The van der Waals surface area contributed by atoms with Gasteiger partial charge in [-0.3, -0.25) is 4.90 Å². The Hall–Kier alpha value is -0.590. The van der Waals surface area contributed by atoms with Crippen molar-refractivity contribution in [2.45, 2.75) is 11.4 Å². The SMILES string of the molecule is COCCNCc1cccc(SCCN2CCOCC2)c1. The summed E-state index contributed by atoms with van der Waals surface area (Å²) in [5.41, 5.74) is 1.34. The second-order valence-electron chi connectivity index (χ2n) is 5.12. The molecule has 118 valence electrons. The summed E-state index contributed by atoms with van der Waals surface area (Å²) in [7, 11) is 1.73. The largest absolute Gasteiger partial charge is 0.383 e. The number of nitrogens with zero attached hydrogens (tertiary/aromatic N) is 1. The van der Waals surface area contributed by atoms with Crippen molar-refractivity contribution >= 4 is 11.8 Å². The van der Waals surface area contributed by atoms with Crippen molar-refractivity contribution in [2.75, 3.05) is 58.9 Å². The lowest BCUT2D eigenvalue weighted by Gasteiger charge is -2.26. The molecule has 0 unspecified atom stereocenters. The van der Waals surface area contributed by atoms with E-state index in [4.69, 9.17) is 9.47 Å². The number of benzene rings is 1. The summed E-state index contributed by atoms with van der Waals surface area (Å²) in [6, 6.07) is 8.79. The average Bonchev–Trinajstić information content (AvgIpc) is 2.53. The first-order valence-electron chi connectivity index (χ1n) is 7.60. The van der Waals surface area contributed by atoms with Gasteiger partial charge in [-0.05, 0) is 17.7 Å². The molecular weight excluding hydrogens is 284 g/mol. The lowest BCUT2D eigenvalue weighted by Crippen LogP contribution is -2.37. The average molecular weight is 310 g/mol. The number of hydrogen-bond donors (Lipinski definition) is 1. The van der Waals surface area contributed by atoms with Crippen LogP contribution < -0.4 is 5.32 Å². The van der Waals surface area contributed by atoms with Gasteiger partial charge in [0.25, 0.3) is 0 Å². The highest BCUT2D eigenvalue weighted by Crippen LogP contribution is 2.19. The van der Waals surface area contributed by atoms with Crippen molar-refractivity contribution in [1.82, 2.24) is 10.2 Å². The normalized spacial score (nSPS) is 16.2. The third-order valence-corrected chi connectivity index (χ3v) is 4.46. The second-order valence-corrected chi connectivity index (χ2v) is 6.29. The van der Waals surface area contributed by atoms with E-state index in [0.29, 0.717) is 0 Å². The summed E-state index contributed by atoms with van der Waals surface area (Å²) >= 11 is 1.94. The van der Waals surface area contributed by atoms with E-state index in [0.717, 1.165) is 58.3 Å². The summed E-state index contributed by atoms with van der Waals surface area (Å²) in [4.78, 5) is 3.83. The van der Waals surface area contributed by atoms with Crippen molar-refractivity contribution in [2.24, 2.45) is 0 Å². The van der Waals surface area contributed by atoms with E-state index < -0.39 is 0 Å². The molecule has 0 saturated carbocycles. The molecule has 1 aromatic carbocycles. The zero-order chi connectivity index (χ0) is 14.8. The van der Waals surface area contributed by atoms with Crippen LogP contribution in [0.2, 0.25) is 0 Å². The first-order valence-corrected chi connectivity index (χ1v) is 8.58. The van der Waals surface area contributed by atoms with Gasteiger partial charge in [0.2, 0.25) is 0 Å². The van der Waals surface area contributed by atoms with Gasteiger partial charge in [-0.2, -0.15) is 0 Å². The monoisotopic (exact) mass is 310 g/mol. The van der Waals surface area contributed by atoms with Crippen LogP contribution >= 0.6 is 11.8 Å². The first-order chi connectivity index (χ1) is 10.4. The summed E-state index contributed by atoms with van der Waals surface area (Å²) in [6.07, 6.45) is 0. The van der Waals surface area contributed by atoms with E-state index in [1.54, 1.807) is 7.11 Å². The van der Waals surface area contributed by atoms with Crippen molar-refractivity contribution in [3.63, 3.8) is 0 Å². The minimum atomic E-state index is 0.758. The van der Waals surface area contributed by atoms with E-state index in [9.17, 15) is 0 Å². The maximum absolute atomic E-state index is 5.37. The Morgan fingerprint density at radius 3 is 3.00 bits per heavy atom. The smallest absolute Gasteiger partial charge is 0.0594 e. The molecule has 0 spiro atoms. The Bertz CT molecular complexity index is 398. The molecule has 21 heavy (non-hydrogen) atoms. The van der Waals surface area contributed by atoms with Gasteiger partial charge in [-0.1, -0.05) is 12.1 Å². The summed E-state index contributed by atoms with van der Waals surface area (Å²) in [5, 5.41) is 3.38. The topological polar surface area (TPSA) is 33.7 Å². The van der Waals surface area contributed by atoms with Gasteiger partial charge in [0.1, 0.15) is 0 Å². The maximum atomic E-state index is 5.37. The van der Waals surface area contributed by atoms with Gasteiger partial charge < -0.3 is 14.8 Å². The minimum Gasteiger partial charge on any atom is -0.383 e. The molecule has 1 aromatic rings. The van der Waals surface area contributed by atoms with Crippen molar-refractivity contribution < 1.29 is 9.47 Å². The Morgan fingerprint density at radius 2 is 2.19 bits per heavy atom. The van der Waals surface area contributed by atoms with Crippen molar-refractivity contribution in [1.29, 1.82) is 0 Å². The molecule has 0 atom stereocenters. The van der Waals surface area contributed by atoms with Crippen LogP contribution in [-0.4, -0.2) is 63.8 Å². The fraction of sp³-hybridized carbons (Fsp3) is 0.625. The number of methoxy groups -OCH3 is 1. The highest BCUT2D eigenvalue weighted by molar-refractivity contribution is 7.99. The van der Waals surface area contributed by atoms with Crippen LogP contribution in [0.15, 0.2) is 29.2 Å². The van der Waals surface area contributed by atoms with Gasteiger partial charge in [0.05, 0.1) is 19.8 Å². The molecule has 2 rings (SSSR count). The van der Waals surface area contributed by atoms with E-state index in [1.165, 1.54) is 10.5 Å². The standard InChI is InChI=1S/C16H26N2O2S/c1-19-9-5-17-14-15-3-2-4-16(13-15)21-12-8-18-6-10-20-11-7-18/h2-4,13,17H,5-12,14H2,1H3. The molecule has 1 aliphatic rings. The quantitative estimate of drug-likeness (QED) is 0.556. The van der Waals surface area contributed by atoms with Crippen LogP contribution in [0.3, 0.4) is 0 Å². The molecule has 4 nitrogen and oxygen atoms in total. The zero-order valence-electron chi connectivity index (χ0n) is 12.8. The van der Waals surface area contributed by atoms with Crippen LogP contribution in [0.5, 0.6) is 0 Å². The molecule has 1 fully saturated rings. The van der Waals surface area contributed by atoms with Crippen LogP contribution in [0.1, 0.15) is 5.56 Å². The predicted octanol–water partition coefficient (Wildman–Crippen LogP) is 1.85. The number of rotatable bonds is 9. The van der Waals surface area contributed by atoms with E-state index >= 15 is 0 Å². The van der Waals surface area contributed by atoms with Gasteiger partial charge in [0.15, 0.2) is 0 Å². The van der Waals surface area contributed by atoms with Gasteiger partial charge >= 0.3 is 0 Å². The fourth-order valence-corrected chi connectivity index (χ4v) is 3.26. The Kier molecular flexibility index (Phi) is 8.14. The number of nitrogens with one attached hydrogen (secondary N) is 1. The van der Waals surface area contributed by atoms with E-state index in [-0.39, 0.29) is 0 Å². The van der Waals surface area contributed by atoms with Crippen LogP contribution in [0.25, 0.3) is 0 Å². The zero-order valence-corrected chi connectivity index (χ0v) is 13.7. The van der Waals surface area contributed by atoms with Crippen LogP contribution in [0.4, 0.5) is 0 Å². The molecule has 5 heteroatoms. The Labute approximate surface area is 132 Å². The third-order valence-electron chi connectivity index (χ3n) is 3.49. The number of morpholine rings is 1. The second kappa shape index (κ2) is 10.2. The van der Waals surface area contributed by atoms with E-state index in [2.05, 4.69) is 34.5 Å². The number of hydrogen-bond acceptors (Lipinski definition) is 5. The van der Waals surface area contributed by atoms with Crippen LogP contribution in [-0.2, 0) is 16.0 Å². The molecule has 0 aliphatic carbocycles. The van der Waals surface area contributed by atoms with Crippen molar-refractivity contribution in [3.8, 4) is 0 Å². The number of ether oxygens (including phenoxy) is 2. The molecule has 1 aliphatic heterocycles. The predicted molar refractivity (Wildman–Crippen MR) is 88.0 cm³/mol. The van der Waals surface area contributed by atoms with Gasteiger partial charge in [-0.15, -0.1) is 11.8 Å². The lowest BCUT2D eigenvalue weighted by molar-refractivity contribution is 0.0410. The van der Waals surface area contributed by atoms with Gasteiger partial charge in [-0.25, -0.2) is 0 Å². The molecular formula is C16H26N2O2S. The maximum Gasteiger partial charge on any atom is 0.0594 e. The fourth-order valence-electron chi connectivity index (χ4n) is 2.27. The number of thioether (sulfide) groups is 1.